The maximum absolute atomic E-state index is 5.90. The molecule has 2 aromatic carbocycles. The molecule has 134 valence electrons. The van der Waals surface area contributed by atoms with Crippen LogP contribution in [0, 0.1) is 0 Å². The number of nitrogens with one attached hydrogen (secondary N) is 2. The van der Waals surface area contributed by atoms with E-state index < -0.39 is 0 Å². The number of ether oxygens (including phenoxy) is 1. The summed E-state index contributed by atoms with van der Waals surface area (Å²) in [4.78, 5) is 4.36. The monoisotopic (exact) mass is 451 g/mol. The second-order valence-electron chi connectivity index (χ2n) is 6.79. The van der Waals surface area contributed by atoms with Crippen LogP contribution in [-0.2, 0) is 11.2 Å². The Bertz CT molecular complexity index is 749. The van der Waals surface area contributed by atoms with Crippen molar-refractivity contribution in [1.82, 2.24) is 10.6 Å². The van der Waals surface area contributed by atoms with Crippen LogP contribution < -0.4 is 10.6 Å². The van der Waals surface area contributed by atoms with Gasteiger partial charge in [-0.1, -0.05) is 42.5 Å². The topological polar surface area (TPSA) is 45.7 Å². The minimum atomic E-state index is 0. The molecular weight excluding hydrogens is 425 g/mol. The Labute approximate surface area is 166 Å². The lowest BCUT2D eigenvalue weighted by Gasteiger charge is -2.22. The van der Waals surface area contributed by atoms with Crippen LogP contribution in [-0.4, -0.2) is 37.8 Å². The molecule has 2 aromatic rings. The van der Waals surface area contributed by atoms with E-state index in [1.165, 1.54) is 29.2 Å². The van der Waals surface area contributed by atoms with Crippen LogP contribution in [0.1, 0.15) is 24.8 Å². The van der Waals surface area contributed by atoms with E-state index in [0.717, 1.165) is 25.3 Å². The summed E-state index contributed by atoms with van der Waals surface area (Å²) in [6.45, 7) is 0.875. The highest BCUT2D eigenvalue weighted by atomic mass is 127. The number of fused-ring (bicyclic) bond motifs is 3. The molecule has 2 N–H and O–H groups in total. The largest absolute Gasteiger partial charge is 0.373 e. The van der Waals surface area contributed by atoms with Gasteiger partial charge in [0, 0.05) is 13.6 Å². The van der Waals surface area contributed by atoms with Crippen molar-refractivity contribution in [3.63, 3.8) is 0 Å². The molecule has 2 fully saturated rings. The van der Waals surface area contributed by atoms with Crippen molar-refractivity contribution in [3.8, 4) is 0 Å². The highest BCUT2D eigenvalue weighted by Gasteiger charge is 2.41. The molecule has 0 saturated carbocycles. The zero-order valence-corrected chi connectivity index (χ0v) is 16.9. The smallest absolute Gasteiger partial charge is 0.191 e. The molecule has 0 spiro atoms. The van der Waals surface area contributed by atoms with Crippen molar-refractivity contribution in [1.29, 1.82) is 0 Å². The summed E-state index contributed by atoms with van der Waals surface area (Å²) in [6.07, 6.45) is 5.32. The van der Waals surface area contributed by atoms with Crippen molar-refractivity contribution in [3.05, 3.63) is 48.0 Å². The van der Waals surface area contributed by atoms with Crippen LogP contribution in [0.3, 0.4) is 0 Å². The first-order chi connectivity index (χ1) is 11.8. The van der Waals surface area contributed by atoms with E-state index in [1.54, 1.807) is 0 Å². The molecule has 3 atom stereocenters. The molecule has 2 bridgehead atoms. The Morgan fingerprint density at radius 1 is 1.16 bits per heavy atom. The van der Waals surface area contributed by atoms with Gasteiger partial charge in [0.25, 0.3) is 0 Å². The number of aliphatic imine (C=N–C) groups is 1. The molecule has 0 radical (unpaired) electrons. The molecule has 0 aromatic heterocycles. The van der Waals surface area contributed by atoms with Gasteiger partial charge < -0.3 is 15.4 Å². The third-order valence-corrected chi connectivity index (χ3v) is 5.17. The lowest BCUT2D eigenvalue weighted by atomic mass is 9.96. The summed E-state index contributed by atoms with van der Waals surface area (Å²) in [7, 11) is 1.83. The van der Waals surface area contributed by atoms with Crippen LogP contribution in [0.15, 0.2) is 47.5 Å². The molecule has 2 heterocycles. The summed E-state index contributed by atoms with van der Waals surface area (Å²) in [5, 5.41) is 9.56. The molecule has 3 unspecified atom stereocenters. The summed E-state index contributed by atoms with van der Waals surface area (Å²) in [5.41, 5.74) is 1.35. The normalized spacial score (nSPS) is 25.0. The van der Waals surface area contributed by atoms with Crippen LogP contribution in [0.5, 0.6) is 0 Å². The van der Waals surface area contributed by atoms with Gasteiger partial charge in [0.2, 0.25) is 0 Å². The molecule has 5 heteroatoms. The van der Waals surface area contributed by atoms with Crippen LogP contribution in [0.25, 0.3) is 10.8 Å². The number of hydrogen-bond donors (Lipinski definition) is 2. The quantitative estimate of drug-likeness (QED) is 0.425. The Hall–Kier alpha value is -1.34. The average molecular weight is 451 g/mol. The van der Waals surface area contributed by atoms with Gasteiger partial charge in [-0.3, -0.25) is 4.99 Å². The van der Waals surface area contributed by atoms with Crippen molar-refractivity contribution in [2.24, 2.45) is 4.99 Å². The van der Waals surface area contributed by atoms with E-state index in [9.17, 15) is 0 Å². The lowest BCUT2D eigenvalue weighted by molar-refractivity contribution is 0.0992. The molecule has 2 saturated heterocycles. The van der Waals surface area contributed by atoms with Crippen molar-refractivity contribution >= 4 is 40.7 Å². The molecule has 0 aliphatic carbocycles. The number of guanidine groups is 1. The van der Waals surface area contributed by atoms with Crippen LogP contribution in [0.2, 0.25) is 0 Å². The van der Waals surface area contributed by atoms with Gasteiger partial charge in [-0.05, 0) is 42.0 Å². The highest BCUT2D eigenvalue weighted by Crippen LogP contribution is 2.34. The standard InChI is InChI=1S/C20H25N3O.HI/c1-21-20(23-18-13-17-8-9-19(18)24-17)22-11-10-14-6-7-15-4-2-3-5-16(15)12-14;/h2-7,12,17-19H,8-11,13H2,1H3,(H2,21,22,23);1H. The summed E-state index contributed by atoms with van der Waals surface area (Å²) in [6, 6.07) is 15.6. The Morgan fingerprint density at radius 2 is 2.00 bits per heavy atom. The number of rotatable bonds is 4. The van der Waals surface area contributed by atoms with Crippen LogP contribution >= 0.6 is 24.0 Å². The first-order valence-corrected chi connectivity index (χ1v) is 8.92. The maximum Gasteiger partial charge on any atom is 0.191 e. The highest BCUT2D eigenvalue weighted by molar-refractivity contribution is 14.0. The third-order valence-electron chi connectivity index (χ3n) is 5.17. The minimum Gasteiger partial charge on any atom is -0.373 e. The van der Waals surface area contributed by atoms with Crippen molar-refractivity contribution < 1.29 is 4.74 Å². The zero-order chi connectivity index (χ0) is 16.4. The number of hydrogen-bond acceptors (Lipinski definition) is 2. The first kappa shape index (κ1) is 18.5. The second kappa shape index (κ2) is 8.36. The van der Waals surface area contributed by atoms with Gasteiger partial charge in [0.15, 0.2) is 5.96 Å². The van der Waals surface area contributed by atoms with Gasteiger partial charge in [0.05, 0.1) is 18.2 Å². The number of benzene rings is 2. The molecular formula is C20H26IN3O. The Kier molecular flexibility index (Phi) is 6.17. The summed E-state index contributed by atoms with van der Waals surface area (Å²) < 4.78 is 5.90. The predicted octanol–water partition coefficient (Wildman–Crippen LogP) is 3.49. The molecule has 4 rings (SSSR count). The molecule has 0 amide bonds. The minimum absolute atomic E-state index is 0. The fraction of sp³-hybridized carbons (Fsp3) is 0.450. The Balaban J connectivity index is 0.00000182. The van der Waals surface area contributed by atoms with E-state index in [-0.39, 0.29) is 24.0 Å². The first-order valence-electron chi connectivity index (χ1n) is 8.92. The summed E-state index contributed by atoms with van der Waals surface area (Å²) in [5.74, 6) is 0.886. The van der Waals surface area contributed by atoms with E-state index >= 15 is 0 Å². The third kappa shape index (κ3) is 4.26. The lowest BCUT2D eigenvalue weighted by Crippen LogP contribution is -2.47. The number of halogens is 1. The van der Waals surface area contributed by atoms with Gasteiger partial charge in [-0.15, -0.1) is 24.0 Å². The fourth-order valence-electron chi connectivity index (χ4n) is 3.88. The van der Waals surface area contributed by atoms with E-state index in [2.05, 4.69) is 58.1 Å². The van der Waals surface area contributed by atoms with Crippen LogP contribution in [0.4, 0.5) is 0 Å². The van der Waals surface area contributed by atoms with E-state index in [0.29, 0.717) is 18.2 Å². The van der Waals surface area contributed by atoms with Crippen molar-refractivity contribution in [2.45, 2.75) is 43.9 Å². The van der Waals surface area contributed by atoms with Crippen molar-refractivity contribution in [2.75, 3.05) is 13.6 Å². The maximum atomic E-state index is 5.90. The van der Waals surface area contributed by atoms with Gasteiger partial charge >= 0.3 is 0 Å². The fourth-order valence-corrected chi connectivity index (χ4v) is 3.88. The SMILES string of the molecule is CN=C(NCCc1ccc2ccccc2c1)NC1CC2CCC1O2.I. The van der Waals surface area contributed by atoms with Gasteiger partial charge in [-0.2, -0.15) is 0 Å². The molecule has 2 aliphatic heterocycles. The average Bonchev–Trinajstić information content (AvgIpc) is 3.23. The van der Waals surface area contributed by atoms with Gasteiger partial charge in [0.1, 0.15) is 0 Å². The number of nitrogens with zero attached hydrogens (tertiary/aromatic N) is 1. The Morgan fingerprint density at radius 3 is 2.72 bits per heavy atom. The summed E-state index contributed by atoms with van der Waals surface area (Å²) >= 11 is 0. The predicted molar refractivity (Wildman–Crippen MR) is 114 cm³/mol. The van der Waals surface area contributed by atoms with E-state index in [4.69, 9.17) is 4.74 Å². The molecule has 2 aliphatic rings. The van der Waals surface area contributed by atoms with Gasteiger partial charge in [-0.25, -0.2) is 0 Å². The molecule has 4 nitrogen and oxygen atoms in total. The zero-order valence-electron chi connectivity index (χ0n) is 14.6. The van der Waals surface area contributed by atoms with E-state index in [1.807, 2.05) is 7.05 Å². The molecule has 25 heavy (non-hydrogen) atoms. The second-order valence-corrected chi connectivity index (χ2v) is 6.79.